The molecule has 1 unspecified atom stereocenters. The summed E-state index contributed by atoms with van der Waals surface area (Å²) >= 11 is 0. The quantitative estimate of drug-likeness (QED) is 0.117. The first-order valence-corrected chi connectivity index (χ1v) is 18.0. The number of likely N-dealkylation sites (N-methyl/N-ethyl adjacent to an activating group) is 1. The third kappa shape index (κ3) is 10.5. The molecule has 55 heavy (non-hydrogen) atoms. The molecule has 0 bridgehead atoms. The van der Waals surface area contributed by atoms with Gasteiger partial charge in [0.15, 0.2) is 6.61 Å². The number of hydrogen-bond donors (Lipinski definition) is 4. The molecule has 1 aliphatic carbocycles. The number of ether oxygens (including phenoxy) is 5. The lowest BCUT2D eigenvalue weighted by Gasteiger charge is -2.27. The Morgan fingerprint density at radius 3 is 1.98 bits per heavy atom. The Bertz CT molecular complexity index is 1930. The molecule has 0 fully saturated rings. The lowest BCUT2D eigenvalue weighted by Crippen LogP contribution is -2.54. The third-order valence-corrected chi connectivity index (χ3v) is 8.80. The zero-order valence-corrected chi connectivity index (χ0v) is 31.9. The van der Waals surface area contributed by atoms with E-state index in [1.165, 1.54) is 14.2 Å². The third-order valence-electron chi connectivity index (χ3n) is 8.80. The number of amides is 4. The molecule has 0 saturated heterocycles. The van der Waals surface area contributed by atoms with E-state index >= 15 is 0 Å². The predicted octanol–water partition coefficient (Wildman–Crippen LogP) is 5.86. The fourth-order valence-electron chi connectivity index (χ4n) is 6.29. The smallest absolute Gasteiger partial charge is 0.408 e. The minimum Gasteiger partial charge on any atom is -0.497 e. The molecule has 5 rings (SSSR count). The van der Waals surface area contributed by atoms with E-state index in [2.05, 4.69) is 21.3 Å². The average molecular weight is 753 g/mol. The van der Waals surface area contributed by atoms with Crippen LogP contribution in [0.5, 0.6) is 17.2 Å². The van der Waals surface area contributed by atoms with Crippen molar-refractivity contribution in [2.75, 3.05) is 40.5 Å². The van der Waals surface area contributed by atoms with Crippen LogP contribution in [-0.2, 0) is 19.1 Å². The first kappa shape index (κ1) is 40.0. The Kier molecular flexibility index (Phi) is 13.2. The summed E-state index contributed by atoms with van der Waals surface area (Å²) in [6, 6.07) is 25.9. The van der Waals surface area contributed by atoms with E-state index in [0.29, 0.717) is 34.9 Å². The maximum atomic E-state index is 14.2. The number of methoxy groups -OCH3 is 2. The number of hydrogen-bond acceptors (Lipinski definition) is 9. The molecule has 4 aromatic carbocycles. The number of benzene rings is 4. The second kappa shape index (κ2) is 18.2. The van der Waals surface area contributed by atoms with Crippen molar-refractivity contribution in [2.45, 2.75) is 51.3 Å². The highest BCUT2D eigenvalue weighted by atomic mass is 16.6. The molecule has 4 aromatic rings. The van der Waals surface area contributed by atoms with Gasteiger partial charge in [-0.3, -0.25) is 9.59 Å². The molecule has 0 spiro atoms. The van der Waals surface area contributed by atoms with Crippen molar-refractivity contribution in [1.29, 1.82) is 0 Å². The van der Waals surface area contributed by atoms with Crippen LogP contribution >= 0.6 is 0 Å². The maximum Gasteiger partial charge on any atom is 0.408 e. The molecule has 0 saturated carbocycles. The zero-order valence-electron chi connectivity index (χ0n) is 31.9. The average Bonchev–Trinajstić information content (AvgIpc) is 3.49. The summed E-state index contributed by atoms with van der Waals surface area (Å²) in [5.41, 5.74) is 4.65. The molecule has 0 radical (unpaired) electrons. The van der Waals surface area contributed by atoms with Crippen molar-refractivity contribution in [3.63, 3.8) is 0 Å². The lowest BCUT2D eigenvalue weighted by atomic mass is 9.97. The largest absolute Gasteiger partial charge is 0.497 e. The molecule has 0 aliphatic heterocycles. The number of alkyl carbamates (subject to hydrolysis) is 2. The van der Waals surface area contributed by atoms with Crippen LogP contribution in [0, 0.1) is 0 Å². The summed E-state index contributed by atoms with van der Waals surface area (Å²) in [5, 5.41) is 10.9. The van der Waals surface area contributed by atoms with Crippen molar-refractivity contribution < 1.29 is 42.9 Å². The second-order valence-electron chi connectivity index (χ2n) is 13.8. The van der Waals surface area contributed by atoms with Crippen LogP contribution < -0.4 is 35.5 Å². The van der Waals surface area contributed by atoms with Gasteiger partial charge in [0.1, 0.15) is 35.5 Å². The van der Waals surface area contributed by atoms with Crippen LogP contribution in [0.3, 0.4) is 0 Å². The summed E-state index contributed by atoms with van der Waals surface area (Å²) in [6.45, 7) is 7.00. The Labute approximate surface area is 321 Å². The molecule has 1 aliphatic rings. The lowest BCUT2D eigenvalue weighted by molar-refractivity contribution is -0.124. The van der Waals surface area contributed by atoms with E-state index in [0.717, 1.165) is 22.3 Å². The summed E-state index contributed by atoms with van der Waals surface area (Å²) in [5.74, 6) is 0.353. The van der Waals surface area contributed by atoms with Gasteiger partial charge in [0.25, 0.3) is 5.91 Å². The maximum absolute atomic E-state index is 14.2. The molecule has 0 aromatic heterocycles. The minimum atomic E-state index is -1.29. The van der Waals surface area contributed by atoms with Gasteiger partial charge in [-0.1, -0.05) is 60.7 Å². The van der Waals surface area contributed by atoms with Gasteiger partial charge >= 0.3 is 12.2 Å². The van der Waals surface area contributed by atoms with Crippen LogP contribution in [-0.4, -0.2) is 76.2 Å². The van der Waals surface area contributed by atoms with Crippen LogP contribution in [0.2, 0.25) is 0 Å². The van der Waals surface area contributed by atoms with Gasteiger partial charge < -0.3 is 45.0 Å². The molecule has 4 amide bonds. The van der Waals surface area contributed by atoms with E-state index in [-0.39, 0.29) is 31.6 Å². The van der Waals surface area contributed by atoms with E-state index in [9.17, 15) is 19.2 Å². The molecule has 290 valence electrons. The van der Waals surface area contributed by atoms with E-state index < -0.39 is 35.8 Å². The fraction of sp³-hybridized carbons (Fsp3) is 0.333. The van der Waals surface area contributed by atoms with Crippen LogP contribution in [0.4, 0.5) is 9.59 Å². The van der Waals surface area contributed by atoms with Gasteiger partial charge in [-0.2, -0.15) is 0 Å². The number of carbonyl (C=O) groups is 4. The highest BCUT2D eigenvalue weighted by molar-refractivity contribution is 5.87. The molecule has 13 nitrogen and oxygen atoms in total. The molecular formula is C42H48N4O9. The number of rotatable bonds is 15. The molecule has 0 heterocycles. The Morgan fingerprint density at radius 1 is 0.745 bits per heavy atom. The van der Waals surface area contributed by atoms with Crippen LogP contribution in [0.25, 0.3) is 11.1 Å². The Morgan fingerprint density at radius 2 is 1.38 bits per heavy atom. The first-order chi connectivity index (χ1) is 26.4. The van der Waals surface area contributed by atoms with Crippen LogP contribution in [0.1, 0.15) is 61.9 Å². The normalized spacial score (nSPS) is 12.9. The molecule has 2 atom stereocenters. The van der Waals surface area contributed by atoms with Crippen molar-refractivity contribution in [3.05, 3.63) is 113 Å². The van der Waals surface area contributed by atoms with Crippen molar-refractivity contribution in [2.24, 2.45) is 0 Å². The first-order valence-electron chi connectivity index (χ1n) is 18.0. The van der Waals surface area contributed by atoms with Gasteiger partial charge in [-0.15, -0.1) is 0 Å². The highest BCUT2D eigenvalue weighted by Crippen LogP contribution is 2.44. The number of nitrogens with one attached hydrogen (secondary N) is 4. The highest BCUT2D eigenvalue weighted by Gasteiger charge is 2.31. The second-order valence-corrected chi connectivity index (χ2v) is 13.8. The Hall–Kier alpha value is -6.24. The summed E-state index contributed by atoms with van der Waals surface area (Å²) in [7, 11) is 3.03. The van der Waals surface area contributed by atoms with Gasteiger partial charge in [0, 0.05) is 24.1 Å². The van der Waals surface area contributed by atoms with E-state index in [1.807, 2.05) is 55.5 Å². The fourth-order valence-corrected chi connectivity index (χ4v) is 6.29. The SMILES string of the molecule is CCNC(=O)COc1ccc(C(NC(=O)[C@H](CNC(=O)OCC2c3ccccc3-c3ccccc32)NC(=O)OC(C)(C)C)c2ccc(OC)cc2OC)cc1. The topological polar surface area (TPSA) is 163 Å². The van der Waals surface area contributed by atoms with Crippen molar-refractivity contribution in [1.82, 2.24) is 21.3 Å². The standard InChI is InChI=1S/C42H48N4O9/c1-7-43-37(47)25-53-27-18-16-26(17-19-27)38(33-21-20-28(51-5)22-36(33)52-6)46-39(48)35(45-41(50)55-42(2,3)4)23-44-40(49)54-24-34-31-14-10-8-12-29(31)30-13-9-11-15-32(30)34/h8-22,34-35,38H,7,23-25H2,1-6H3,(H,43,47)(H,44,49)(H,45,50)(H,46,48)/t35-,38?/m0/s1. The van der Waals surface area contributed by atoms with E-state index in [4.69, 9.17) is 23.7 Å². The Balaban J connectivity index is 1.35. The van der Waals surface area contributed by atoms with Crippen molar-refractivity contribution >= 4 is 24.0 Å². The van der Waals surface area contributed by atoms with Gasteiger partial charge in [0.2, 0.25) is 5.91 Å². The van der Waals surface area contributed by atoms with E-state index in [1.54, 1.807) is 63.2 Å². The predicted molar refractivity (Wildman–Crippen MR) is 206 cm³/mol. The minimum absolute atomic E-state index is 0.0680. The molecule has 13 heteroatoms. The summed E-state index contributed by atoms with van der Waals surface area (Å²) < 4.78 is 27.9. The zero-order chi connectivity index (χ0) is 39.5. The van der Waals surface area contributed by atoms with Gasteiger partial charge in [-0.25, -0.2) is 9.59 Å². The van der Waals surface area contributed by atoms with Crippen LogP contribution in [0.15, 0.2) is 91.0 Å². The molecular weight excluding hydrogens is 704 g/mol. The van der Waals surface area contributed by atoms with Gasteiger partial charge in [-0.05, 0) is 79.8 Å². The van der Waals surface area contributed by atoms with Crippen molar-refractivity contribution in [3.8, 4) is 28.4 Å². The molecule has 4 N–H and O–H groups in total. The monoisotopic (exact) mass is 752 g/mol. The number of carbonyl (C=O) groups excluding carboxylic acids is 4. The van der Waals surface area contributed by atoms with Gasteiger partial charge in [0.05, 0.1) is 26.8 Å². The summed E-state index contributed by atoms with van der Waals surface area (Å²) in [4.78, 5) is 52.3. The summed E-state index contributed by atoms with van der Waals surface area (Å²) in [6.07, 6.45) is -1.61. The number of fused-ring (bicyclic) bond motifs is 3.